The molecule has 1 saturated heterocycles. The van der Waals surface area contributed by atoms with E-state index in [2.05, 4.69) is 27.5 Å². The highest BCUT2D eigenvalue weighted by molar-refractivity contribution is 6.32. The number of carbonyl (C=O) groups excluding carboxylic acids is 3. The maximum atomic E-state index is 14.3. The highest BCUT2D eigenvalue weighted by Gasteiger charge is 2.85. The standard InChI is InChI=1S/C37H50N6O5/c1-5-7-12-25(22-41-6-2)23-47-33(46)37-32(45)28-14-9-8-13-27(28)31(44)36(37,48-37)19-15-24(3)35(17-10-11-18-35)30(43-34(39)40-4)26-16-20-42-29(38)21-26/h8-9,13-16,20-21,25,30,41H,5-7,10-12,17-19,22-23H2,1-4H3,(H2,38,42)(H3,39,40,43)/b24-15+/t25-,30+,36+,37+/m1/s1. The number of Topliss-reactive ketones (excluding diaryl/α,β-unsaturated/α-hetero) is 2. The number of nitrogens with two attached hydrogens (primary N) is 2. The molecule has 0 bridgehead atoms. The van der Waals surface area contributed by atoms with Crippen LogP contribution >= 0.6 is 0 Å². The van der Waals surface area contributed by atoms with E-state index in [-0.39, 0.29) is 47.9 Å². The predicted octanol–water partition coefficient (Wildman–Crippen LogP) is 4.68. The van der Waals surface area contributed by atoms with E-state index in [4.69, 9.17) is 20.9 Å². The zero-order chi connectivity index (χ0) is 34.5. The molecular weight excluding hydrogens is 608 g/mol. The van der Waals surface area contributed by atoms with E-state index >= 15 is 0 Å². The molecule has 2 aliphatic carbocycles. The van der Waals surface area contributed by atoms with Crippen molar-refractivity contribution in [2.45, 2.75) is 89.4 Å². The molecule has 11 heteroatoms. The maximum Gasteiger partial charge on any atom is 0.350 e. The Morgan fingerprint density at radius 3 is 2.50 bits per heavy atom. The van der Waals surface area contributed by atoms with Gasteiger partial charge < -0.3 is 31.6 Å². The van der Waals surface area contributed by atoms with Crippen molar-refractivity contribution >= 4 is 29.3 Å². The second-order valence-corrected chi connectivity index (χ2v) is 13.4. The summed E-state index contributed by atoms with van der Waals surface area (Å²) >= 11 is 0. The van der Waals surface area contributed by atoms with Crippen LogP contribution < -0.4 is 22.1 Å². The van der Waals surface area contributed by atoms with Crippen molar-refractivity contribution in [3.05, 3.63) is 70.9 Å². The van der Waals surface area contributed by atoms with Gasteiger partial charge in [0.05, 0.1) is 12.6 Å². The van der Waals surface area contributed by atoms with Gasteiger partial charge in [0.2, 0.25) is 5.78 Å². The topological polar surface area (TPSA) is 174 Å². The summed E-state index contributed by atoms with van der Waals surface area (Å²) in [5.41, 5.74) is 10.6. The quantitative estimate of drug-likeness (QED) is 0.0525. The van der Waals surface area contributed by atoms with Crippen molar-refractivity contribution in [2.24, 2.45) is 22.1 Å². The molecule has 4 atom stereocenters. The minimum absolute atomic E-state index is 0.0355. The summed E-state index contributed by atoms with van der Waals surface area (Å²) < 4.78 is 12.1. The summed E-state index contributed by atoms with van der Waals surface area (Å²) in [6.07, 6.45) is 10.2. The molecular formula is C37H50N6O5. The Bertz CT molecular complexity index is 1580. The van der Waals surface area contributed by atoms with Crippen LogP contribution in [-0.2, 0) is 14.3 Å². The Balaban J connectivity index is 1.50. The van der Waals surface area contributed by atoms with E-state index in [0.717, 1.165) is 62.6 Å². The van der Waals surface area contributed by atoms with Gasteiger partial charge in [0.25, 0.3) is 5.60 Å². The van der Waals surface area contributed by atoms with Crippen LogP contribution in [0.4, 0.5) is 5.82 Å². The number of aromatic nitrogens is 1. The average molecular weight is 659 g/mol. The summed E-state index contributed by atoms with van der Waals surface area (Å²) in [5, 5.41) is 6.75. The first kappa shape index (κ1) is 35.2. The molecule has 258 valence electrons. The number of unbranched alkanes of at least 4 members (excludes halogenated alkanes) is 1. The minimum atomic E-state index is -2.03. The third-order valence-corrected chi connectivity index (χ3v) is 10.5. The summed E-state index contributed by atoms with van der Waals surface area (Å²) in [6, 6.07) is 10.1. The second kappa shape index (κ2) is 14.6. The van der Waals surface area contributed by atoms with Gasteiger partial charge >= 0.3 is 5.97 Å². The van der Waals surface area contributed by atoms with Crippen molar-refractivity contribution in [1.82, 2.24) is 15.6 Å². The Labute approximate surface area is 283 Å². The van der Waals surface area contributed by atoms with Crippen molar-refractivity contribution in [1.29, 1.82) is 0 Å². The molecule has 2 fully saturated rings. The summed E-state index contributed by atoms with van der Waals surface area (Å²) in [5.74, 6) is -0.949. The fourth-order valence-electron chi connectivity index (χ4n) is 7.73. The maximum absolute atomic E-state index is 14.3. The van der Waals surface area contributed by atoms with Gasteiger partial charge in [-0.3, -0.25) is 14.6 Å². The number of hydrogen-bond donors (Lipinski definition) is 4. The van der Waals surface area contributed by atoms with Gasteiger partial charge in [-0.1, -0.05) is 75.4 Å². The van der Waals surface area contributed by atoms with E-state index in [1.807, 2.05) is 32.1 Å². The molecule has 1 aliphatic heterocycles. The Hall–Kier alpha value is -4.09. The molecule has 2 aromatic rings. The number of aliphatic imine (C=N–C) groups is 1. The minimum Gasteiger partial charge on any atom is -0.463 e. The van der Waals surface area contributed by atoms with E-state index < -0.39 is 28.4 Å². The number of pyridine rings is 1. The van der Waals surface area contributed by atoms with Crippen LogP contribution in [0.3, 0.4) is 0 Å². The second-order valence-electron chi connectivity index (χ2n) is 13.4. The van der Waals surface area contributed by atoms with Gasteiger partial charge in [-0.25, -0.2) is 9.78 Å². The van der Waals surface area contributed by atoms with Gasteiger partial charge in [0.15, 0.2) is 17.3 Å². The summed E-state index contributed by atoms with van der Waals surface area (Å²) in [7, 11) is 1.63. The number of fused-ring (bicyclic) bond motifs is 2. The number of nitrogens with one attached hydrogen (secondary N) is 2. The van der Waals surface area contributed by atoms with Crippen LogP contribution in [0.5, 0.6) is 0 Å². The lowest BCUT2D eigenvalue weighted by atomic mass is 9.68. The first-order valence-corrected chi connectivity index (χ1v) is 17.2. The third-order valence-electron chi connectivity index (χ3n) is 10.5. The van der Waals surface area contributed by atoms with E-state index in [9.17, 15) is 14.4 Å². The number of guanidine groups is 1. The van der Waals surface area contributed by atoms with E-state index in [0.29, 0.717) is 12.4 Å². The largest absolute Gasteiger partial charge is 0.463 e. The van der Waals surface area contributed by atoms with Gasteiger partial charge in [0, 0.05) is 48.7 Å². The number of rotatable bonds is 15. The molecule has 0 amide bonds. The predicted molar refractivity (Wildman–Crippen MR) is 186 cm³/mol. The van der Waals surface area contributed by atoms with Crippen LogP contribution in [0.1, 0.15) is 104 Å². The van der Waals surface area contributed by atoms with Gasteiger partial charge in [-0.2, -0.15) is 0 Å². The zero-order valence-corrected chi connectivity index (χ0v) is 28.6. The Kier molecular flexibility index (Phi) is 10.7. The highest BCUT2D eigenvalue weighted by Crippen LogP contribution is 2.60. The fraction of sp³-hybridized carbons (Fsp3) is 0.541. The molecule has 5 rings (SSSR count). The molecule has 6 N–H and O–H groups in total. The van der Waals surface area contributed by atoms with Crippen LogP contribution in [0.2, 0.25) is 0 Å². The number of ether oxygens (including phenoxy) is 2. The molecule has 48 heavy (non-hydrogen) atoms. The van der Waals surface area contributed by atoms with Crippen molar-refractivity contribution < 1.29 is 23.9 Å². The first-order chi connectivity index (χ1) is 23.1. The number of nitrogens with zero attached hydrogens (tertiary/aromatic N) is 2. The average Bonchev–Trinajstić information content (AvgIpc) is 3.57. The number of hydrogen-bond acceptors (Lipinski definition) is 9. The zero-order valence-electron chi connectivity index (χ0n) is 28.6. The molecule has 1 saturated carbocycles. The normalized spacial score (nSPS) is 24.4. The number of anilines is 1. The van der Waals surface area contributed by atoms with E-state index in [1.54, 1.807) is 37.5 Å². The van der Waals surface area contributed by atoms with Crippen LogP contribution in [0.25, 0.3) is 0 Å². The molecule has 0 radical (unpaired) electrons. The van der Waals surface area contributed by atoms with Crippen molar-refractivity contribution in [3.63, 3.8) is 0 Å². The number of ketones is 2. The van der Waals surface area contributed by atoms with Crippen molar-refractivity contribution in [2.75, 3.05) is 32.5 Å². The molecule has 1 aromatic heterocycles. The Morgan fingerprint density at radius 2 is 1.85 bits per heavy atom. The summed E-state index contributed by atoms with van der Waals surface area (Å²) in [6.45, 7) is 7.80. The molecule has 0 spiro atoms. The first-order valence-electron chi connectivity index (χ1n) is 17.2. The highest BCUT2D eigenvalue weighted by atomic mass is 16.7. The molecule has 1 aromatic carbocycles. The molecule has 11 nitrogen and oxygen atoms in total. The molecule has 2 heterocycles. The van der Waals surface area contributed by atoms with Crippen LogP contribution in [0, 0.1) is 11.3 Å². The van der Waals surface area contributed by atoms with Gasteiger partial charge in [-0.05, 0) is 50.4 Å². The van der Waals surface area contributed by atoms with Gasteiger partial charge in [-0.15, -0.1) is 0 Å². The fourth-order valence-corrected chi connectivity index (χ4v) is 7.73. The summed E-state index contributed by atoms with van der Waals surface area (Å²) in [4.78, 5) is 50.8. The van der Waals surface area contributed by atoms with Crippen LogP contribution in [0.15, 0.2) is 59.2 Å². The third kappa shape index (κ3) is 6.25. The van der Waals surface area contributed by atoms with Crippen LogP contribution in [-0.4, -0.2) is 66.4 Å². The lowest BCUT2D eigenvalue weighted by Crippen LogP contribution is -2.50. The van der Waals surface area contributed by atoms with Gasteiger partial charge in [0.1, 0.15) is 5.82 Å². The smallest absolute Gasteiger partial charge is 0.350 e. The lowest BCUT2D eigenvalue weighted by molar-refractivity contribution is -0.149. The number of benzene rings is 1. The number of epoxide rings is 1. The monoisotopic (exact) mass is 658 g/mol. The SMILES string of the molecule is CCCC[C@H](CNCC)COC(=O)[C@]12O[C@@]1(C/C=C(\C)C1([C@@H](NC(N)=NC)c3ccnc(N)c3)CCCC1)C(=O)c1ccccc1C2=O. The lowest BCUT2D eigenvalue weighted by Gasteiger charge is -2.40. The number of esters is 1. The number of nitrogen functional groups attached to an aromatic ring is 1. The van der Waals surface area contributed by atoms with Crippen molar-refractivity contribution in [3.8, 4) is 0 Å². The molecule has 3 aliphatic rings. The number of carbonyl (C=O) groups is 3. The van der Waals surface area contributed by atoms with E-state index in [1.165, 1.54) is 0 Å². The Morgan fingerprint density at radius 1 is 1.15 bits per heavy atom. The molecule has 0 unspecified atom stereocenters.